The molecular weight excluding hydrogens is 533 g/mol. The van der Waals surface area contributed by atoms with Crippen LogP contribution in [-0.2, 0) is 27.1 Å². The number of ether oxygens (including phenoxy) is 2. The Bertz CT molecular complexity index is 1200. The van der Waals surface area contributed by atoms with Crippen LogP contribution in [0.1, 0.15) is 67.5 Å². The second kappa shape index (κ2) is 11.7. The van der Waals surface area contributed by atoms with E-state index in [1.165, 1.54) is 12.1 Å². The number of anilines is 1. The Kier molecular flexibility index (Phi) is 8.47. The van der Waals surface area contributed by atoms with Gasteiger partial charge in [-0.3, -0.25) is 9.69 Å². The summed E-state index contributed by atoms with van der Waals surface area (Å²) in [5, 5.41) is 3.22. The second-order valence-corrected chi connectivity index (χ2v) is 11.2. The number of alkyl halides is 2. The van der Waals surface area contributed by atoms with Gasteiger partial charge in [-0.1, -0.05) is 18.2 Å². The number of hydrogen-bond acceptors (Lipinski definition) is 7. The molecule has 0 spiro atoms. The quantitative estimate of drug-likeness (QED) is 0.390. The first kappa shape index (κ1) is 28.3. The van der Waals surface area contributed by atoms with Crippen LogP contribution in [-0.4, -0.2) is 65.7 Å². The van der Waals surface area contributed by atoms with Gasteiger partial charge in [0, 0.05) is 37.7 Å². The molecule has 3 heterocycles. The predicted molar refractivity (Wildman–Crippen MR) is 141 cm³/mol. The summed E-state index contributed by atoms with van der Waals surface area (Å²) in [6.45, 7) is 4.86. The Labute approximate surface area is 231 Å². The maximum atomic E-state index is 14.7. The molecule has 3 aliphatic rings. The largest absolute Gasteiger partial charge is 0.378 e. The van der Waals surface area contributed by atoms with Gasteiger partial charge in [-0.15, -0.1) is 0 Å². The molecule has 1 aliphatic carbocycles. The number of hydrogen-bond donors (Lipinski definition) is 1. The normalized spacial score (nSPS) is 22.0. The first-order valence-electron chi connectivity index (χ1n) is 13.5. The van der Waals surface area contributed by atoms with Crippen LogP contribution in [0.15, 0.2) is 18.2 Å². The van der Waals surface area contributed by atoms with E-state index >= 15 is 0 Å². The van der Waals surface area contributed by atoms with Crippen molar-refractivity contribution >= 4 is 23.2 Å². The summed E-state index contributed by atoms with van der Waals surface area (Å²) in [5.41, 5.74) is 0.410. The molecule has 2 aliphatic heterocycles. The zero-order valence-electron chi connectivity index (χ0n) is 22.2. The van der Waals surface area contributed by atoms with Crippen molar-refractivity contribution in [2.45, 2.75) is 69.6 Å². The maximum Gasteiger partial charge on any atom is 0.266 e. The molecule has 2 fully saturated rings. The minimum Gasteiger partial charge on any atom is -0.378 e. The first-order chi connectivity index (χ1) is 18.7. The number of rotatable bonds is 10. The molecule has 5 rings (SSSR count). The molecular formula is C28H34ClF3N4O3. The molecule has 212 valence electrons. The van der Waals surface area contributed by atoms with Crippen molar-refractivity contribution in [2.24, 2.45) is 5.92 Å². The maximum absolute atomic E-state index is 14.7. The standard InChI is InChI=1S/C28H34ClF3N4O3/c1-16(19-4-3-5-20(24(19)30)25(31)32)33-26-21-12-17(13-22(21)34-27(29)35-26)6-7-23(37)28(38-2)8-10-36(11-9-28)18-14-39-15-18/h3-5,16-18,25H,6-15H2,1-2H3,(H,33,34,35)/t16-,17?/m1/s1. The fourth-order valence-corrected chi connectivity index (χ4v) is 6.23. The monoisotopic (exact) mass is 566 g/mol. The van der Waals surface area contributed by atoms with Gasteiger partial charge in [0.2, 0.25) is 5.28 Å². The molecule has 0 radical (unpaired) electrons. The number of nitrogens with one attached hydrogen (secondary N) is 1. The summed E-state index contributed by atoms with van der Waals surface area (Å²) in [6, 6.07) is 3.81. The SMILES string of the molecule is COC1(C(=O)CCC2Cc3nc(Cl)nc(N[C@H](C)c4cccc(C(F)F)c4F)c3C2)CCN(C2COC2)CC1. The number of halogens is 4. The van der Waals surface area contributed by atoms with E-state index in [2.05, 4.69) is 20.2 Å². The topological polar surface area (TPSA) is 76.6 Å². The van der Waals surface area contributed by atoms with E-state index in [1.54, 1.807) is 14.0 Å². The van der Waals surface area contributed by atoms with Gasteiger partial charge in [0.1, 0.15) is 17.2 Å². The van der Waals surface area contributed by atoms with Crippen LogP contribution in [0.3, 0.4) is 0 Å². The van der Waals surface area contributed by atoms with Crippen molar-refractivity contribution in [3.8, 4) is 0 Å². The van der Waals surface area contributed by atoms with Gasteiger partial charge in [0.25, 0.3) is 6.43 Å². The van der Waals surface area contributed by atoms with E-state index in [1.807, 2.05) is 0 Å². The summed E-state index contributed by atoms with van der Waals surface area (Å²) in [5.74, 6) is -0.156. The summed E-state index contributed by atoms with van der Waals surface area (Å²) in [7, 11) is 1.63. The van der Waals surface area contributed by atoms with Crippen LogP contribution in [0.4, 0.5) is 19.0 Å². The van der Waals surface area contributed by atoms with Crippen molar-refractivity contribution in [3.05, 3.63) is 51.7 Å². The number of carbonyl (C=O) groups is 1. The molecule has 0 saturated carbocycles. The van der Waals surface area contributed by atoms with Gasteiger partial charge in [0.05, 0.1) is 36.6 Å². The number of aromatic nitrogens is 2. The fraction of sp³-hybridized carbons (Fsp3) is 0.607. The molecule has 7 nitrogen and oxygen atoms in total. The Morgan fingerprint density at radius 3 is 2.59 bits per heavy atom. The third kappa shape index (κ3) is 5.80. The van der Waals surface area contributed by atoms with Gasteiger partial charge in [0.15, 0.2) is 5.78 Å². The zero-order chi connectivity index (χ0) is 27.7. The minimum absolute atomic E-state index is 0.0592. The highest BCUT2D eigenvalue weighted by Crippen LogP contribution is 2.37. The number of nitrogens with zero attached hydrogens (tertiary/aromatic N) is 3. The molecule has 0 bridgehead atoms. The lowest BCUT2D eigenvalue weighted by molar-refractivity contribution is -0.152. The van der Waals surface area contributed by atoms with E-state index in [0.29, 0.717) is 50.4 Å². The number of methoxy groups -OCH3 is 1. The fourth-order valence-electron chi connectivity index (χ4n) is 6.04. The smallest absolute Gasteiger partial charge is 0.266 e. The van der Waals surface area contributed by atoms with E-state index < -0.39 is 29.4 Å². The van der Waals surface area contributed by atoms with Crippen LogP contribution in [0.5, 0.6) is 0 Å². The molecule has 0 amide bonds. The van der Waals surface area contributed by atoms with Gasteiger partial charge in [-0.2, -0.15) is 0 Å². The van der Waals surface area contributed by atoms with Crippen LogP contribution in [0.2, 0.25) is 5.28 Å². The van der Waals surface area contributed by atoms with Crippen molar-refractivity contribution in [2.75, 3.05) is 38.7 Å². The van der Waals surface area contributed by atoms with Gasteiger partial charge < -0.3 is 14.8 Å². The van der Waals surface area contributed by atoms with Crippen LogP contribution in [0, 0.1) is 11.7 Å². The van der Waals surface area contributed by atoms with E-state index in [0.717, 1.165) is 43.6 Å². The average Bonchev–Trinajstić information content (AvgIpc) is 3.29. The second-order valence-electron chi connectivity index (χ2n) is 10.8. The molecule has 2 saturated heterocycles. The lowest BCUT2D eigenvalue weighted by atomic mass is 9.83. The van der Waals surface area contributed by atoms with Crippen molar-refractivity contribution in [1.82, 2.24) is 14.9 Å². The lowest BCUT2D eigenvalue weighted by Crippen LogP contribution is -2.57. The molecule has 1 N–H and O–H groups in total. The Balaban J connectivity index is 1.22. The molecule has 1 unspecified atom stereocenters. The van der Waals surface area contributed by atoms with E-state index in [4.69, 9.17) is 21.1 Å². The Hall–Kier alpha value is -2.27. The summed E-state index contributed by atoms with van der Waals surface area (Å²) in [4.78, 5) is 24.5. The van der Waals surface area contributed by atoms with Gasteiger partial charge in [-0.05, 0) is 56.5 Å². The molecule has 2 atom stereocenters. The number of fused-ring (bicyclic) bond motifs is 1. The number of likely N-dealkylation sites (tertiary alicyclic amines) is 1. The first-order valence-corrected chi connectivity index (χ1v) is 13.9. The van der Waals surface area contributed by atoms with Crippen LogP contribution < -0.4 is 5.32 Å². The lowest BCUT2D eigenvalue weighted by Gasteiger charge is -2.45. The molecule has 1 aromatic carbocycles. The Morgan fingerprint density at radius 1 is 1.23 bits per heavy atom. The van der Waals surface area contributed by atoms with Crippen molar-refractivity contribution in [3.63, 3.8) is 0 Å². The number of ketones is 1. The Morgan fingerprint density at radius 2 is 1.95 bits per heavy atom. The highest BCUT2D eigenvalue weighted by atomic mass is 35.5. The summed E-state index contributed by atoms with van der Waals surface area (Å²) < 4.78 is 52.3. The number of carbonyl (C=O) groups excluding carboxylic acids is 1. The van der Waals surface area contributed by atoms with Crippen LogP contribution in [0.25, 0.3) is 0 Å². The third-order valence-electron chi connectivity index (χ3n) is 8.57. The van der Waals surface area contributed by atoms with Gasteiger partial charge in [-0.25, -0.2) is 23.1 Å². The van der Waals surface area contributed by atoms with Crippen LogP contribution >= 0.6 is 11.6 Å². The molecule has 39 heavy (non-hydrogen) atoms. The number of piperidine rings is 1. The van der Waals surface area contributed by atoms with E-state index in [9.17, 15) is 18.0 Å². The average molecular weight is 567 g/mol. The van der Waals surface area contributed by atoms with Crippen molar-refractivity contribution in [1.29, 1.82) is 0 Å². The summed E-state index contributed by atoms with van der Waals surface area (Å²) >= 11 is 6.20. The van der Waals surface area contributed by atoms with E-state index in [-0.39, 0.29) is 22.5 Å². The highest BCUT2D eigenvalue weighted by molar-refractivity contribution is 6.28. The molecule has 1 aromatic heterocycles. The third-order valence-corrected chi connectivity index (χ3v) is 8.74. The number of Topliss-reactive ketones (excluding diaryl/α,β-unsaturated/α-hetero) is 1. The zero-order valence-corrected chi connectivity index (χ0v) is 22.9. The van der Waals surface area contributed by atoms with Gasteiger partial charge >= 0.3 is 0 Å². The summed E-state index contributed by atoms with van der Waals surface area (Å²) in [6.07, 6.45) is 0.839. The van der Waals surface area contributed by atoms with Crippen molar-refractivity contribution < 1.29 is 27.4 Å². The number of benzene rings is 1. The molecule has 2 aromatic rings. The minimum atomic E-state index is -2.90. The predicted octanol–water partition coefficient (Wildman–Crippen LogP) is 5.32. The molecule has 11 heteroatoms. The highest BCUT2D eigenvalue weighted by Gasteiger charge is 2.43.